The van der Waals surface area contributed by atoms with Gasteiger partial charge in [0.05, 0.1) is 0 Å². The minimum Gasteiger partial charge on any atom is -0.489 e. The van der Waals surface area contributed by atoms with Crippen LogP contribution in [0.1, 0.15) is 16.7 Å². The van der Waals surface area contributed by atoms with Gasteiger partial charge in [0.1, 0.15) is 17.3 Å². The molecule has 0 aromatic heterocycles. The lowest BCUT2D eigenvalue weighted by Gasteiger charge is -2.10. The summed E-state index contributed by atoms with van der Waals surface area (Å²) in [6, 6.07) is 13.7. The number of rotatable bonds is 4. The van der Waals surface area contributed by atoms with Gasteiger partial charge in [-0.3, -0.25) is 0 Å². The molecule has 2 aromatic carbocycles. The van der Waals surface area contributed by atoms with Gasteiger partial charge in [0, 0.05) is 10.0 Å². The summed E-state index contributed by atoms with van der Waals surface area (Å²) in [7, 11) is 0. The zero-order valence-electron chi connectivity index (χ0n) is 10.5. The summed E-state index contributed by atoms with van der Waals surface area (Å²) in [5.41, 5.74) is 8.63. The highest BCUT2D eigenvalue weighted by atomic mass is 79.9. The van der Waals surface area contributed by atoms with Crippen LogP contribution in [-0.4, -0.2) is 4.99 Å². The second kappa shape index (κ2) is 6.17. The van der Waals surface area contributed by atoms with Crippen molar-refractivity contribution in [1.82, 2.24) is 0 Å². The number of ether oxygens (including phenoxy) is 1. The lowest BCUT2D eigenvalue weighted by Crippen LogP contribution is -2.09. The van der Waals surface area contributed by atoms with Gasteiger partial charge in [-0.15, -0.1) is 0 Å². The molecule has 0 unspecified atom stereocenters. The predicted molar refractivity (Wildman–Crippen MR) is 85.5 cm³/mol. The van der Waals surface area contributed by atoms with E-state index in [4.69, 9.17) is 22.7 Å². The van der Waals surface area contributed by atoms with E-state index >= 15 is 0 Å². The summed E-state index contributed by atoms with van der Waals surface area (Å²) in [4.78, 5) is 0.404. The summed E-state index contributed by atoms with van der Waals surface area (Å²) >= 11 is 8.40. The molecule has 2 rings (SSSR count). The Balaban J connectivity index is 2.10. The Bertz CT molecular complexity index is 613. The molecule has 0 bridgehead atoms. The van der Waals surface area contributed by atoms with Gasteiger partial charge in [-0.2, -0.15) is 0 Å². The van der Waals surface area contributed by atoms with Crippen LogP contribution in [0, 0.1) is 6.92 Å². The molecule has 0 amide bonds. The monoisotopic (exact) mass is 335 g/mol. The summed E-state index contributed by atoms with van der Waals surface area (Å²) < 4.78 is 6.86. The fourth-order valence-corrected chi connectivity index (χ4v) is 2.35. The lowest BCUT2D eigenvalue weighted by atomic mass is 10.1. The maximum absolute atomic E-state index is 5.81. The van der Waals surface area contributed by atoms with Crippen molar-refractivity contribution in [1.29, 1.82) is 0 Å². The minimum absolute atomic E-state index is 0.404. The molecular weight excluding hydrogens is 322 g/mol. The van der Waals surface area contributed by atoms with Crippen LogP contribution in [0.25, 0.3) is 0 Å². The first-order chi connectivity index (χ1) is 9.06. The topological polar surface area (TPSA) is 35.2 Å². The quantitative estimate of drug-likeness (QED) is 0.858. The molecule has 0 saturated carbocycles. The number of aryl methyl sites for hydroxylation is 1. The highest BCUT2D eigenvalue weighted by molar-refractivity contribution is 9.10. The number of nitrogens with two attached hydrogens (primary N) is 1. The van der Waals surface area contributed by atoms with Crippen molar-refractivity contribution in [3.8, 4) is 5.75 Å². The van der Waals surface area contributed by atoms with E-state index in [0.29, 0.717) is 11.6 Å². The number of hydrogen-bond acceptors (Lipinski definition) is 2. The fourth-order valence-electron chi connectivity index (χ4n) is 1.75. The maximum atomic E-state index is 5.81. The molecule has 0 aliphatic heterocycles. The Morgan fingerprint density at radius 2 is 2.05 bits per heavy atom. The summed E-state index contributed by atoms with van der Waals surface area (Å²) in [6.45, 7) is 2.52. The average Bonchev–Trinajstić information content (AvgIpc) is 2.38. The zero-order chi connectivity index (χ0) is 13.8. The third-order valence-corrected chi connectivity index (χ3v) is 3.47. The second-order valence-electron chi connectivity index (χ2n) is 4.26. The van der Waals surface area contributed by atoms with Gasteiger partial charge in [-0.1, -0.05) is 46.3 Å². The highest BCUT2D eigenvalue weighted by Gasteiger charge is 2.02. The lowest BCUT2D eigenvalue weighted by molar-refractivity contribution is 0.304. The Kier molecular flexibility index (Phi) is 4.56. The first-order valence-electron chi connectivity index (χ1n) is 5.84. The molecule has 2 nitrogen and oxygen atoms in total. The zero-order valence-corrected chi connectivity index (χ0v) is 12.9. The predicted octanol–water partition coefficient (Wildman–Crippen LogP) is 3.97. The molecule has 0 spiro atoms. The first kappa shape index (κ1) is 14.0. The molecular formula is C15H14BrNOS. The van der Waals surface area contributed by atoms with Crippen molar-refractivity contribution in [3.05, 3.63) is 63.6 Å². The van der Waals surface area contributed by atoms with E-state index in [9.17, 15) is 0 Å². The average molecular weight is 336 g/mol. The Labute approximate surface area is 126 Å². The van der Waals surface area contributed by atoms with Crippen molar-refractivity contribution in [2.75, 3.05) is 0 Å². The van der Waals surface area contributed by atoms with Gasteiger partial charge in [0.15, 0.2) is 0 Å². The summed E-state index contributed by atoms with van der Waals surface area (Å²) in [5.74, 6) is 0.879. The third-order valence-electron chi connectivity index (χ3n) is 2.74. The minimum atomic E-state index is 0.404. The normalized spacial score (nSPS) is 10.2. The van der Waals surface area contributed by atoms with Crippen molar-refractivity contribution < 1.29 is 4.74 Å². The molecule has 2 aromatic rings. The molecule has 0 heterocycles. The second-order valence-corrected chi connectivity index (χ2v) is 5.62. The van der Waals surface area contributed by atoms with E-state index in [-0.39, 0.29) is 0 Å². The maximum Gasteiger partial charge on any atom is 0.122 e. The summed E-state index contributed by atoms with van der Waals surface area (Å²) in [6.07, 6.45) is 0. The molecule has 0 fully saturated rings. The Morgan fingerprint density at radius 3 is 2.74 bits per heavy atom. The number of halogens is 1. The van der Waals surface area contributed by atoms with Gasteiger partial charge in [-0.25, -0.2) is 0 Å². The molecule has 0 aliphatic carbocycles. The van der Waals surface area contributed by atoms with Gasteiger partial charge in [0.25, 0.3) is 0 Å². The van der Waals surface area contributed by atoms with E-state index in [1.165, 1.54) is 0 Å². The number of benzene rings is 2. The molecule has 0 radical (unpaired) electrons. The van der Waals surface area contributed by atoms with Gasteiger partial charge >= 0.3 is 0 Å². The molecule has 98 valence electrons. The van der Waals surface area contributed by atoms with Crippen LogP contribution in [0.3, 0.4) is 0 Å². The van der Waals surface area contributed by atoms with E-state index in [1.807, 2.05) is 49.4 Å². The Hall–Kier alpha value is -1.39. The van der Waals surface area contributed by atoms with Crippen LogP contribution in [0.15, 0.2) is 46.9 Å². The molecule has 0 aliphatic rings. The summed E-state index contributed by atoms with van der Waals surface area (Å²) in [5, 5.41) is 0. The van der Waals surface area contributed by atoms with E-state index in [1.54, 1.807) is 0 Å². The van der Waals surface area contributed by atoms with Crippen molar-refractivity contribution in [2.45, 2.75) is 13.5 Å². The smallest absolute Gasteiger partial charge is 0.122 e. The number of thiocarbonyl (C=S) groups is 1. The standard InChI is InChI=1S/C15H14BrNOS/c1-10-7-13(16)5-6-14(10)18-9-11-3-2-4-12(8-11)15(17)19/h2-8H,9H2,1H3,(H2,17,19). The van der Waals surface area contributed by atoms with Gasteiger partial charge < -0.3 is 10.5 Å². The van der Waals surface area contributed by atoms with E-state index < -0.39 is 0 Å². The van der Waals surface area contributed by atoms with Crippen molar-refractivity contribution in [2.24, 2.45) is 5.73 Å². The van der Waals surface area contributed by atoms with Crippen LogP contribution in [0.5, 0.6) is 5.75 Å². The van der Waals surface area contributed by atoms with Crippen LogP contribution < -0.4 is 10.5 Å². The molecule has 19 heavy (non-hydrogen) atoms. The first-order valence-corrected chi connectivity index (χ1v) is 7.04. The van der Waals surface area contributed by atoms with Crippen LogP contribution in [0.2, 0.25) is 0 Å². The largest absolute Gasteiger partial charge is 0.489 e. The van der Waals surface area contributed by atoms with Crippen molar-refractivity contribution >= 4 is 33.1 Å². The van der Waals surface area contributed by atoms with Crippen LogP contribution in [-0.2, 0) is 6.61 Å². The van der Waals surface area contributed by atoms with E-state index in [2.05, 4.69) is 15.9 Å². The Morgan fingerprint density at radius 1 is 1.26 bits per heavy atom. The molecule has 0 atom stereocenters. The van der Waals surface area contributed by atoms with Gasteiger partial charge in [-0.05, 0) is 42.3 Å². The molecule has 0 saturated heterocycles. The van der Waals surface area contributed by atoms with Crippen LogP contribution >= 0.6 is 28.1 Å². The molecule has 2 N–H and O–H groups in total. The highest BCUT2D eigenvalue weighted by Crippen LogP contribution is 2.23. The molecule has 4 heteroatoms. The van der Waals surface area contributed by atoms with E-state index in [0.717, 1.165) is 26.9 Å². The third kappa shape index (κ3) is 3.78. The van der Waals surface area contributed by atoms with Gasteiger partial charge in [0.2, 0.25) is 0 Å². The van der Waals surface area contributed by atoms with Crippen LogP contribution in [0.4, 0.5) is 0 Å². The number of hydrogen-bond donors (Lipinski definition) is 1. The SMILES string of the molecule is Cc1cc(Br)ccc1OCc1cccc(C(N)=S)c1. The van der Waals surface area contributed by atoms with Crippen molar-refractivity contribution in [3.63, 3.8) is 0 Å². The fraction of sp³-hybridized carbons (Fsp3) is 0.133.